The van der Waals surface area contributed by atoms with Crippen LogP contribution >= 0.6 is 0 Å². The summed E-state index contributed by atoms with van der Waals surface area (Å²) < 4.78 is 9.03. The van der Waals surface area contributed by atoms with E-state index in [9.17, 15) is 0 Å². The number of ether oxygens (including phenoxy) is 1. The van der Waals surface area contributed by atoms with Crippen LogP contribution in [0.5, 0.6) is 0 Å². The summed E-state index contributed by atoms with van der Waals surface area (Å²) in [4.78, 5) is 0. The van der Waals surface area contributed by atoms with Crippen LogP contribution in [0.25, 0.3) is 0 Å². The minimum atomic E-state index is 0.679. The Labute approximate surface area is 66.5 Å². The highest BCUT2D eigenvalue weighted by atomic mass is 16.5. The molecule has 0 aliphatic heterocycles. The summed E-state index contributed by atoms with van der Waals surface area (Å²) in [6, 6.07) is 0. The van der Waals surface area contributed by atoms with Crippen LogP contribution in [0.15, 0.2) is 31.6 Å². The molecule has 0 fully saturated rings. The summed E-state index contributed by atoms with van der Waals surface area (Å²) in [6.45, 7) is 5.01. The smallest absolute Gasteiger partial charge is 0.243 e. The number of hydrogen-bond acceptors (Lipinski definition) is 1. The Morgan fingerprint density at radius 3 is 3.09 bits per heavy atom. The first kappa shape index (κ1) is 7.85. The van der Waals surface area contributed by atoms with Crippen LogP contribution in [0.1, 0.15) is 0 Å². The Bertz CT molecular complexity index is 230. The van der Waals surface area contributed by atoms with Gasteiger partial charge in [0, 0.05) is 0 Å². The maximum atomic E-state index is 4.98. The van der Waals surface area contributed by atoms with Crippen molar-refractivity contribution in [2.75, 3.05) is 6.61 Å². The second-order valence-electron chi connectivity index (χ2n) is 2.35. The molecule has 0 bridgehead atoms. The normalized spacial score (nSPS) is 9.55. The molecule has 1 rings (SSSR count). The first-order chi connectivity index (χ1) is 5.33. The molecule has 0 radical (unpaired) electrons. The summed E-state index contributed by atoms with van der Waals surface area (Å²) in [5.41, 5.74) is 0. The van der Waals surface area contributed by atoms with E-state index in [4.69, 9.17) is 4.74 Å². The zero-order valence-electron chi connectivity index (χ0n) is 6.73. The average molecular weight is 153 g/mol. The quantitative estimate of drug-likeness (QED) is 0.349. The van der Waals surface area contributed by atoms with Crippen molar-refractivity contribution in [3.63, 3.8) is 0 Å². The van der Waals surface area contributed by atoms with Crippen LogP contribution in [0.4, 0.5) is 0 Å². The van der Waals surface area contributed by atoms with E-state index in [0.29, 0.717) is 6.61 Å². The fourth-order valence-electron chi connectivity index (χ4n) is 0.875. The molecule has 0 saturated carbocycles. The Hall–Kier alpha value is -1.25. The van der Waals surface area contributed by atoms with Crippen molar-refractivity contribution < 1.29 is 9.30 Å². The first-order valence-corrected chi connectivity index (χ1v) is 3.56. The molecule has 0 saturated heterocycles. The Morgan fingerprint density at radius 2 is 2.55 bits per heavy atom. The topological polar surface area (TPSA) is 18.0 Å². The molecule has 0 aromatic carbocycles. The number of imidazole rings is 1. The van der Waals surface area contributed by atoms with Crippen LogP contribution in [0.3, 0.4) is 0 Å². The SMILES string of the molecule is C=COCCn1cc[n+](C)c1. The molecule has 0 N–H and O–H groups in total. The monoisotopic (exact) mass is 153 g/mol. The van der Waals surface area contributed by atoms with Crippen molar-refractivity contribution in [2.45, 2.75) is 6.54 Å². The van der Waals surface area contributed by atoms with E-state index in [1.165, 1.54) is 6.26 Å². The molecule has 0 aliphatic rings. The number of rotatable bonds is 4. The molecule has 0 atom stereocenters. The second kappa shape index (κ2) is 3.81. The van der Waals surface area contributed by atoms with Crippen LogP contribution in [0.2, 0.25) is 0 Å². The van der Waals surface area contributed by atoms with E-state index in [0.717, 1.165) is 6.54 Å². The zero-order chi connectivity index (χ0) is 8.10. The lowest BCUT2D eigenvalue weighted by atomic mass is 10.7. The molecule has 11 heavy (non-hydrogen) atoms. The summed E-state index contributed by atoms with van der Waals surface area (Å²) in [5.74, 6) is 0. The average Bonchev–Trinajstić information content (AvgIpc) is 2.37. The molecule has 0 spiro atoms. The highest BCUT2D eigenvalue weighted by Gasteiger charge is 1.97. The molecule has 0 aliphatic carbocycles. The molecular formula is C8H13N2O+. The van der Waals surface area contributed by atoms with E-state index in [1.54, 1.807) is 0 Å². The van der Waals surface area contributed by atoms with E-state index >= 15 is 0 Å². The molecule has 0 unspecified atom stereocenters. The number of aryl methyl sites for hydroxylation is 1. The third kappa shape index (κ3) is 2.45. The molecule has 1 aromatic heterocycles. The fourth-order valence-corrected chi connectivity index (χ4v) is 0.875. The summed E-state index contributed by atoms with van der Waals surface area (Å²) in [6.07, 6.45) is 7.47. The van der Waals surface area contributed by atoms with E-state index < -0.39 is 0 Å². The van der Waals surface area contributed by atoms with Gasteiger partial charge in [0.2, 0.25) is 6.33 Å². The third-order valence-corrected chi connectivity index (χ3v) is 1.41. The Kier molecular flexibility index (Phi) is 2.72. The van der Waals surface area contributed by atoms with Gasteiger partial charge in [0.15, 0.2) is 0 Å². The van der Waals surface area contributed by atoms with Gasteiger partial charge in [-0.2, -0.15) is 0 Å². The lowest BCUT2D eigenvalue weighted by Gasteiger charge is -1.95. The van der Waals surface area contributed by atoms with E-state index in [1.807, 2.05) is 30.3 Å². The zero-order valence-corrected chi connectivity index (χ0v) is 6.73. The molecule has 1 heterocycles. The van der Waals surface area contributed by atoms with Crippen molar-refractivity contribution in [1.29, 1.82) is 0 Å². The van der Waals surface area contributed by atoms with Gasteiger partial charge in [-0.1, -0.05) is 6.58 Å². The molecule has 0 amide bonds. The van der Waals surface area contributed by atoms with Gasteiger partial charge in [-0.25, -0.2) is 9.13 Å². The largest absolute Gasteiger partial charge is 0.498 e. The molecule has 1 aromatic rings. The molecular weight excluding hydrogens is 140 g/mol. The van der Waals surface area contributed by atoms with E-state index in [-0.39, 0.29) is 0 Å². The maximum Gasteiger partial charge on any atom is 0.243 e. The van der Waals surface area contributed by atoms with Crippen molar-refractivity contribution in [2.24, 2.45) is 7.05 Å². The van der Waals surface area contributed by atoms with Crippen molar-refractivity contribution in [3.8, 4) is 0 Å². The molecule has 3 heteroatoms. The lowest BCUT2D eigenvalue weighted by Crippen LogP contribution is -2.24. The van der Waals surface area contributed by atoms with Crippen LogP contribution in [0, 0.1) is 0 Å². The lowest BCUT2D eigenvalue weighted by molar-refractivity contribution is -0.671. The summed E-state index contributed by atoms with van der Waals surface area (Å²) >= 11 is 0. The Morgan fingerprint density at radius 1 is 1.73 bits per heavy atom. The van der Waals surface area contributed by atoms with E-state index in [2.05, 4.69) is 11.1 Å². The van der Waals surface area contributed by atoms with Gasteiger partial charge in [-0.3, -0.25) is 0 Å². The summed E-state index contributed by atoms with van der Waals surface area (Å²) in [7, 11) is 1.99. The van der Waals surface area contributed by atoms with Gasteiger partial charge in [0.25, 0.3) is 0 Å². The minimum absolute atomic E-state index is 0.679. The van der Waals surface area contributed by atoms with Crippen molar-refractivity contribution in [1.82, 2.24) is 4.57 Å². The predicted octanol–water partition coefficient (Wildman–Crippen LogP) is 0.473. The van der Waals surface area contributed by atoms with Gasteiger partial charge < -0.3 is 4.74 Å². The fraction of sp³-hybridized carbons (Fsp3) is 0.375. The van der Waals surface area contributed by atoms with Gasteiger partial charge in [0.05, 0.1) is 13.3 Å². The van der Waals surface area contributed by atoms with Crippen LogP contribution in [-0.2, 0) is 18.3 Å². The Balaban J connectivity index is 2.32. The highest BCUT2D eigenvalue weighted by molar-refractivity contribution is 4.65. The minimum Gasteiger partial charge on any atom is -0.498 e. The van der Waals surface area contributed by atoms with Crippen LogP contribution in [-0.4, -0.2) is 11.2 Å². The van der Waals surface area contributed by atoms with Crippen molar-refractivity contribution in [3.05, 3.63) is 31.6 Å². The number of aromatic nitrogens is 2. The van der Waals surface area contributed by atoms with Gasteiger partial charge in [-0.05, 0) is 0 Å². The standard InChI is InChI=1S/C8H13N2O/c1-3-11-7-6-10-5-4-9(2)8-10/h3-5,8H,1,6-7H2,2H3/q+1. The molecule has 3 nitrogen and oxygen atoms in total. The number of hydrogen-bond donors (Lipinski definition) is 0. The van der Waals surface area contributed by atoms with Crippen molar-refractivity contribution >= 4 is 0 Å². The first-order valence-electron chi connectivity index (χ1n) is 3.56. The maximum absolute atomic E-state index is 4.98. The predicted molar refractivity (Wildman–Crippen MR) is 41.8 cm³/mol. The summed E-state index contributed by atoms with van der Waals surface area (Å²) in [5, 5.41) is 0. The van der Waals surface area contributed by atoms with Gasteiger partial charge in [-0.15, -0.1) is 0 Å². The highest BCUT2D eigenvalue weighted by Crippen LogP contribution is 1.84. The molecule has 60 valence electrons. The second-order valence-corrected chi connectivity index (χ2v) is 2.35. The van der Waals surface area contributed by atoms with Gasteiger partial charge >= 0.3 is 0 Å². The van der Waals surface area contributed by atoms with Crippen LogP contribution < -0.4 is 4.57 Å². The third-order valence-electron chi connectivity index (χ3n) is 1.41. The van der Waals surface area contributed by atoms with Gasteiger partial charge in [0.1, 0.15) is 25.5 Å². The number of nitrogens with zero attached hydrogens (tertiary/aromatic N) is 2.